The highest BCUT2D eigenvalue weighted by Gasteiger charge is 2.20. The summed E-state index contributed by atoms with van der Waals surface area (Å²) in [6.07, 6.45) is -0.970. The molecule has 0 radical (unpaired) electrons. The van der Waals surface area contributed by atoms with Gasteiger partial charge in [0, 0.05) is 9.90 Å². The lowest BCUT2D eigenvalue weighted by molar-refractivity contribution is -0.129. The van der Waals surface area contributed by atoms with E-state index in [1.165, 1.54) is 36.5 Å². The molecule has 2 rings (SSSR count). The van der Waals surface area contributed by atoms with Gasteiger partial charge < -0.3 is 15.2 Å². The number of rotatable bonds is 5. The van der Waals surface area contributed by atoms with E-state index in [-0.39, 0.29) is 11.3 Å². The van der Waals surface area contributed by atoms with Crippen molar-refractivity contribution >= 4 is 34.8 Å². The first kappa shape index (κ1) is 16.3. The van der Waals surface area contributed by atoms with E-state index < -0.39 is 18.0 Å². The standard InChI is InChI=1S/C15H14ClNO4S/c1-9(14(19)17-8-11-3-2-6-22-11)21-15(20)12-5-4-10(16)7-13(12)18/h2-7,9,18H,8H2,1H3,(H,17,19). The van der Waals surface area contributed by atoms with Crippen molar-refractivity contribution in [2.24, 2.45) is 0 Å². The summed E-state index contributed by atoms with van der Waals surface area (Å²) in [6, 6.07) is 7.82. The molecule has 1 heterocycles. The normalized spacial score (nSPS) is 11.7. The van der Waals surface area contributed by atoms with Crippen molar-refractivity contribution in [2.75, 3.05) is 0 Å². The van der Waals surface area contributed by atoms with Crippen LogP contribution in [0, 0.1) is 0 Å². The van der Waals surface area contributed by atoms with Crippen LogP contribution in [0.5, 0.6) is 5.75 Å². The van der Waals surface area contributed by atoms with E-state index in [1.807, 2.05) is 17.5 Å². The summed E-state index contributed by atoms with van der Waals surface area (Å²) in [5, 5.41) is 14.5. The van der Waals surface area contributed by atoms with Crippen LogP contribution in [-0.2, 0) is 16.1 Å². The van der Waals surface area contributed by atoms with Gasteiger partial charge in [0.1, 0.15) is 11.3 Å². The molecule has 0 aliphatic heterocycles. The van der Waals surface area contributed by atoms with Crippen LogP contribution in [0.2, 0.25) is 5.02 Å². The molecule has 7 heteroatoms. The van der Waals surface area contributed by atoms with Gasteiger partial charge in [0.15, 0.2) is 6.10 Å². The number of phenols is 1. The largest absolute Gasteiger partial charge is 0.507 e. The van der Waals surface area contributed by atoms with Crippen LogP contribution in [0.3, 0.4) is 0 Å². The van der Waals surface area contributed by atoms with E-state index in [2.05, 4.69) is 5.32 Å². The molecule has 2 N–H and O–H groups in total. The van der Waals surface area contributed by atoms with Crippen molar-refractivity contribution < 1.29 is 19.4 Å². The molecule has 0 saturated carbocycles. The van der Waals surface area contributed by atoms with Crippen molar-refractivity contribution in [3.8, 4) is 5.75 Å². The maximum atomic E-state index is 11.9. The van der Waals surface area contributed by atoms with Crippen LogP contribution in [-0.4, -0.2) is 23.1 Å². The van der Waals surface area contributed by atoms with Crippen LogP contribution in [0.25, 0.3) is 0 Å². The van der Waals surface area contributed by atoms with E-state index >= 15 is 0 Å². The van der Waals surface area contributed by atoms with E-state index in [4.69, 9.17) is 16.3 Å². The zero-order chi connectivity index (χ0) is 16.1. The van der Waals surface area contributed by atoms with Crippen molar-refractivity contribution in [1.82, 2.24) is 5.32 Å². The monoisotopic (exact) mass is 339 g/mol. The van der Waals surface area contributed by atoms with Crippen molar-refractivity contribution in [3.05, 3.63) is 51.2 Å². The van der Waals surface area contributed by atoms with Gasteiger partial charge in [-0.2, -0.15) is 0 Å². The number of hydrogen-bond donors (Lipinski definition) is 2. The quantitative estimate of drug-likeness (QED) is 0.821. The molecular weight excluding hydrogens is 326 g/mol. The molecular formula is C15H14ClNO4S. The minimum Gasteiger partial charge on any atom is -0.507 e. The number of nitrogens with one attached hydrogen (secondary N) is 1. The summed E-state index contributed by atoms with van der Waals surface area (Å²) in [5.74, 6) is -1.48. The second-order valence-corrected chi connectivity index (χ2v) is 5.97. The highest BCUT2D eigenvalue weighted by Crippen LogP contribution is 2.22. The molecule has 0 spiro atoms. The lowest BCUT2D eigenvalue weighted by Gasteiger charge is -2.13. The molecule has 1 aromatic carbocycles. The Morgan fingerprint density at radius 2 is 2.18 bits per heavy atom. The Morgan fingerprint density at radius 3 is 2.82 bits per heavy atom. The van der Waals surface area contributed by atoms with Gasteiger partial charge in [-0.15, -0.1) is 11.3 Å². The van der Waals surface area contributed by atoms with Crippen LogP contribution in [0.1, 0.15) is 22.2 Å². The van der Waals surface area contributed by atoms with Crippen molar-refractivity contribution in [2.45, 2.75) is 19.6 Å². The third-order valence-corrected chi connectivity index (χ3v) is 3.96. The first-order valence-corrected chi connectivity index (χ1v) is 7.72. The van der Waals surface area contributed by atoms with E-state index in [1.54, 1.807) is 0 Å². The van der Waals surface area contributed by atoms with Gasteiger partial charge in [-0.3, -0.25) is 4.79 Å². The summed E-state index contributed by atoms with van der Waals surface area (Å²) in [5.41, 5.74) is -0.0395. The number of esters is 1. The van der Waals surface area contributed by atoms with Gasteiger partial charge >= 0.3 is 5.97 Å². The number of thiophene rings is 1. The minimum absolute atomic E-state index is 0.0395. The number of halogens is 1. The molecule has 1 unspecified atom stereocenters. The Hall–Kier alpha value is -2.05. The molecule has 116 valence electrons. The van der Waals surface area contributed by atoms with Crippen LogP contribution in [0.4, 0.5) is 0 Å². The van der Waals surface area contributed by atoms with Crippen LogP contribution in [0.15, 0.2) is 35.7 Å². The number of aromatic hydroxyl groups is 1. The Balaban J connectivity index is 1.91. The number of hydrogen-bond acceptors (Lipinski definition) is 5. The van der Waals surface area contributed by atoms with Gasteiger partial charge in [0.2, 0.25) is 0 Å². The van der Waals surface area contributed by atoms with Gasteiger partial charge in [0.25, 0.3) is 5.91 Å². The summed E-state index contributed by atoms with van der Waals surface area (Å²) in [4.78, 5) is 24.8. The second kappa shape index (κ2) is 7.29. The topological polar surface area (TPSA) is 75.6 Å². The maximum Gasteiger partial charge on any atom is 0.342 e. The SMILES string of the molecule is CC(OC(=O)c1ccc(Cl)cc1O)C(=O)NCc1cccs1. The Bertz CT molecular complexity index is 672. The lowest BCUT2D eigenvalue weighted by atomic mass is 10.2. The second-order valence-electron chi connectivity index (χ2n) is 4.51. The first-order chi connectivity index (χ1) is 10.5. The summed E-state index contributed by atoms with van der Waals surface area (Å²) in [7, 11) is 0. The number of phenolic OH excluding ortho intramolecular Hbond substituents is 1. The minimum atomic E-state index is -0.970. The third-order valence-electron chi connectivity index (χ3n) is 2.85. The summed E-state index contributed by atoms with van der Waals surface area (Å²) in [6.45, 7) is 1.85. The number of benzene rings is 1. The molecule has 0 bridgehead atoms. The highest BCUT2D eigenvalue weighted by atomic mass is 35.5. The predicted molar refractivity (Wildman–Crippen MR) is 84.2 cm³/mol. The smallest absolute Gasteiger partial charge is 0.342 e. The molecule has 0 fully saturated rings. The first-order valence-electron chi connectivity index (χ1n) is 6.47. The lowest BCUT2D eigenvalue weighted by Crippen LogP contribution is -2.35. The van der Waals surface area contributed by atoms with Crippen molar-refractivity contribution in [1.29, 1.82) is 0 Å². The highest BCUT2D eigenvalue weighted by molar-refractivity contribution is 7.09. The Kier molecular flexibility index (Phi) is 5.41. The Morgan fingerprint density at radius 1 is 1.41 bits per heavy atom. The zero-order valence-electron chi connectivity index (χ0n) is 11.7. The maximum absolute atomic E-state index is 11.9. The Labute approximate surface area is 136 Å². The number of carbonyl (C=O) groups excluding carboxylic acids is 2. The number of carbonyl (C=O) groups is 2. The fraction of sp³-hybridized carbons (Fsp3) is 0.200. The third kappa shape index (κ3) is 4.22. The van der Waals surface area contributed by atoms with Gasteiger partial charge in [-0.25, -0.2) is 4.79 Å². The van der Waals surface area contributed by atoms with Crippen molar-refractivity contribution in [3.63, 3.8) is 0 Å². The fourth-order valence-electron chi connectivity index (χ4n) is 1.69. The van der Waals surface area contributed by atoms with E-state index in [0.29, 0.717) is 11.6 Å². The fourth-order valence-corrected chi connectivity index (χ4v) is 2.50. The van der Waals surface area contributed by atoms with Gasteiger partial charge in [-0.1, -0.05) is 17.7 Å². The van der Waals surface area contributed by atoms with E-state index in [9.17, 15) is 14.7 Å². The summed E-state index contributed by atoms with van der Waals surface area (Å²) >= 11 is 7.22. The van der Waals surface area contributed by atoms with Gasteiger partial charge in [0.05, 0.1) is 6.54 Å². The average Bonchev–Trinajstić information content (AvgIpc) is 2.97. The molecule has 1 amide bonds. The molecule has 0 saturated heterocycles. The van der Waals surface area contributed by atoms with Crippen LogP contribution >= 0.6 is 22.9 Å². The molecule has 0 aliphatic carbocycles. The molecule has 1 aromatic heterocycles. The predicted octanol–water partition coefficient (Wildman–Crippen LogP) is 2.97. The molecule has 5 nitrogen and oxygen atoms in total. The molecule has 0 aliphatic rings. The zero-order valence-corrected chi connectivity index (χ0v) is 13.3. The van der Waals surface area contributed by atoms with Crippen LogP contribution < -0.4 is 5.32 Å². The average molecular weight is 340 g/mol. The molecule has 22 heavy (non-hydrogen) atoms. The molecule has 2 aromatic rings. The molecule has 1 atom stereocenters. The number of ether oxygens (including phenoxy) is 1. The van der Waals surface area contributed by atoms with Gasteiger partial charge in [-0.05, 0) is 36.6 Å². The summed E-state index contributed by atoms with van der Waals surface area (Å²) < 4.78 is 5.04. The van der Waals surface area contributed by atoms with E-state index in [0.717, 1.165) is 4.88 Å². The number of amides is 1.